The van der Waals surface area contributed by atoms with Gasteiger partial charge in [-0.05, 0) is 50.6 Å². The number of hydrogen-bond donors (Lipinski definition) is 2. The van der Waals surface area contributed by atoms with Crippen LogP contribution < -0.4 is 10.6 Å². The zero-order valence-electron chi connectivity index (χ0n) is 18.6. The van der Waals surface area contributed by atoms with Crippen molar-refractivity contribution in [2.75, 3.05) is 18.9 Å². The Kier molecular flexibility index (Phi) is 4.79. The first kappa shape index (κ1) is 20.8. The predicted molar refractivity (Wildman–Crippen MR) is 127 cm³/mol. The van der Waals surface area contributed by atoms with Crippen molar-refractivity contribution >= 4 is 39.1 Å². The minimum Gasteiger partial charge on any atom is -0.366 e. The first-order valence-electron chi connectivity index (χ1n) is 11.4. The molecule has 33 heavy (non-hydrogen) atoms. The molecule has 2 saturated heterocycles. The molecule has 7 nitrogen and oxygen atoms in total. The van der Waals surface area contributed by atoms with Gasteiger partial charge in [0.25, 0.3) is 0 Å². The number of aromatic nitrogens is 1. The minimum absolute atomic E-state index is 0.0258. The summed E-state index contributed by atoms with van der Waals surface area (Å²) in [6.07, 6.45) is 0.548. The Labute approximate surface area is 196 Å². The van der Waals surface area contributed by atoms with Gasteiger partial charge in [0.05, 0.1) is 33.8 Å². The quantitative estimate of drug-likeness (QED) is 0.611. The molecule has 170 valence electrons. The van der Waals surface area contributed by atoms with E-state index in [-0.39, 0.29) is 36.1 Å². The molecule has 2 fully saturated rings. The number of para-hydroxylation sites is 2. The number of ether oxygens (including phenoxy) is 1. The molecular weight excluding hydrogens is 436 g/mol. The summed E-state index contributed by atoms with van der Waals surface area (Å²) in [5, 5.41) is 7.07. The maximum Gasteiger partial charge on any atom is 0.240 e. The van der Waals surface area contributed by atoms with E-state index in [1.54, 1.807) is 18.4 Å². The van der Waals surface area contributed by atoms with Crippen LogP contribution in [-0.4, -0.2) is 53.5 Å². The molecule has 3 aliphatic rings. The van der Waals surface area contributed by atoms with Crippen molar-refractivity contribution in [2.24, 2.45) is 0 Å². The fourth-order valence-corrected chi connectivity index (χ4v) is 6.75. The number of amides is 2. The van der Waals surface area contributed by atoms with Crippen molar-refractivity contribution in [2.45, 2.75) is 49.5 Å². The Morgan fingerprint density at radius 3 is 2.79 bits per heavy atom. The summed E-state index contributed by atoms with van der Waals surface area (Å²) in [4.78, 5) is 33.8. The van der Waals surface area contributed by atoms with E-state index in [9.17, 15) is 9.59 Å². The van der Waals surface area contributed by atoms with E-state index in [4.69, 9.17) is 9.72 Å². The lowest BCUT2D eigenvalue weighted by molar-refractivity contribution is -0.145. The van der Waals surface area contributed by atoms with Crippen LogP contribution in [0.5, 0.6) is 0 Å². The molecule has 2 N–H and O–H groups in total. The summed E-state index contributed by atoms with van der Waals surface area (Å²) in [7, 11) is 1.81. The average Bonchev–Trinajstić information content (AvgIpc) is 3.49. The Hall–Kier alpha value is -2.81. The van der Waals surface area contributed by atoms with Crippen LogP contribution in [0.2, 0.25) is 0 Å². The van der Waals surface area contributed by atoms with Crippen LogP contribution in [0, 0.1) is 0 Å². The van der Waals surface area contributed by atoms with Crippen LogP contribution in [0.1, 0.15) is 36.4 Å². The molecule has 0 aliphatic carbocycles. The van der Waals surface area contributed by atoms with Gasteiger partial charge >= 0.3 is 0 Å². The van der Waals surface area contributed by atoms with Gasteiger partial charge in [-0.25, -0.2) is 4.98 Å². The fourth-order valence-electron chi connectivity index (χ4n) is 5.69. The third-order valence-electron chi connectivity index (χ3n) is 7.30. The summed E-state index contributed by atoms with van der Waals surface area (Å²) in [6, 6.07) is 15.2. The van der Waals surface area contributed by atoms with E-state index in [0.29, 0.717) is 19.4 Å². The maximum atomic E-state index is 13.7. The molecule has 0 radical (unpaired) electrons. The number of likely N-dealkylation sites (N-methyl/N-ethyl adjacent to an activating group) is 1. The van der Waals surface area contributed by atoms with Gasteiger partial charge in [0.15, 0.2) is 0 Å². The van der Waals surface area contributed by atoms with Crippen molar-refractivity contribution in [3.05, 3.63) is 59.1 Å². The molecule has 0 saturated carbocycles. The van der Waals surface area contributed by atoms with Crippen molar-refractivity contribution < 1.29 is 14.3 Å². The molecule has 8 heteroatoms. The monoisotopic (exact) mass is 462 g/mol. The van der Waals surface area contributed by atoms with E-state index in [1.165, 1.54) is 0 Å². The zero-order chi connectivity index (χ0) is 22.7. The zero-order valence-corrected chi connectivity index (χ0v) is 19.4. The smallest absolute Gasteiger partial charge is 0.240 e. The number of anilines is 1. The Morgan fingerprint density at radius 1 is 1.18 bits per heavy atom. The Morgan fingerprint density at radius 2 is 1.97 bits per heavy atom. The fraction of sp³-hybridized carbons (Fsp3) is 0.400. The van der Waals surface area contributed by atoms with Gasteiger partial charge in [-0.2, -0.15) is 0 Å². The number of thiazole rings is 1. The highest BCUT2D eigenvalue weighted by atomic mass is 32.1. The largest absolute Gasteiger partial charge is 0.366 e. The second-order valence-electron chi connectivity index (χ2n) is 9.28. The van der Waals surface area contributed by atoms with E-state index < -0.39 is 5.41 Å². The Bertz CT molecular complexity index is 1230. The number of carbonyl (C=O) groups is 2. The Balaban J connectivity index is 1.48. The first-order valence-corrected chi connectivity index (χ1v) is 12.2. The number of hydrogen-bond acceptors (Lipinski definition) is 6. The lowest BCUT2D eigenvalue weighted by Gasteiger charge is -2.37. The van der Waals surface area contributed by atoms with Crippen LogP contribution in [0.3, 0.4) is 0 Å². The van der Waals surface area contributed by atoms with Crippen LogP contribution in [-0.2, 0) is 19.7 Å². The van der Waals surface area contributed by atoms with Gasteiger partial charge in [-0.15, -0.1) is 11.3 Å². The number of carbonyl (C=O) groups excluding carboxylic acids is 2. The van der Waals surface area contributed by atoms with Crippen molar-refractivity contribution in [1.29, 1.82) is 0 Å². The normalized spacial score (nSPS) is 31.4. The maximum absolute atomic E-state index is 13.7. The average molecular weight is 463 g/mol. The third kappa shape index (κ3) is 3.12. The summed E-state index contributed by atoms with van der Waals surface area (Å²) in [5.74, 6) is -0.0156. The molecule has 1 aromatic heterocycles. The molecular formula is C25H26N4O3S. The molecule has 0 bridgehead atoms. The third-order valence-corrected chi connectivity index (χ3v) is 8.40. The van der Waals surface area contributed by atoms with Crippen LogP contribution in [0.15, 0.2) is 48.5 Å². The molecule has 4 heterocycles. The minimum atomic E-state index is -0.777. The second-order valence-corrected chi connectivity index (χ2v) is 10.3. The highest BCUT2D eigenvalue weighted by Gasteiger charge is 2.59. The molecule has 1 spiro atoms. The molecule has 3 aliphatic heterocycles. The van der Waals surface area contributed by atoms with E-state index in [1.807, 2.05) is 54.3 Å². The SMILES string of the molecule is CN[C@H]1CC(C)O[C@H](c2nc3ccccc3s2)[C@@H]2C[C@@]3(CN2C1=O)C(=O)Nc1ccccc13. The van der Waals surface area contributed by atoms with Crippen LogP contribution in [0.4, 0.5) is 5.69 Å². The molecule has 1 unspecified atom stereocenters. The summed E-state index contributed by atoms with van der Waals surface area (Å²) < 4.78 is 7.70. The molecule has 2 aromatic carbocycles. The van der Waals surface area contributed by atoms with Gasteiger partial charge in [-0.1, -0.05) is 30.3 Å². The predicted octanol–water partition coefficient (Wildman–Crippen LogP) is 3.23. The highest BCUT2D eigenvalue weighted by molar-refractivity contribution is 7.18. The standard InChI is InChI=1S/C25H26N4O3S/c1-14-11-18(26-2)23(30)29-13-25(15-7-3-4-8-16(15)28-24(25)31)12-19(29)21(32-14)22-27-17-9-5-6-10-20(17)33-22/h3-10,14,18-19,21,26H,11-13H2,1-2H3,(H,28,31)/t14?,18-,19-,21-,25-/m0/s1. The molecule has 6 rings (SSSR count). The number of rotatable bonds is 2. The number of nitrogens with one attached hydrogen (secondary N) is 2. The molecule has 5 atom stereocenters. The first-order chi connectivity index (χ1) is 16.0. The lowest BCUT2D eigenvalue weighted by atomic mass is 9.79. The molecule has 2 amide bonds. The summed E-state index contributed by atoms with van der Waals surface area (Å²) >= 11 is 1.61. The second kappa shape index (κ2) is 7.62. The van der Waals surface area contributed by atoms with E-state index >= 15 is 0 Å². The summed E-state index contributed by atoms with van der Waals surface area (Å²) in [5.41, 5.74) is 1.95. The molecule has 3 aromatic rings. The van der Waals surface area contributed by atoms with E-state index in [2.05, 4.69) is 16.7 Å². The lowest BCUT2D eigenvalue weighted by Crippen LogP contribution is -2.53. The van der Waals surface area contributed by atoms with Crippen molar-refractivity contribution in [3.63, 3.8) is 0 Å². The number of nitrogens with zero attached hydrogens (tertiary/aromatic N) is 2. The topological polar surface area (TPSA) is 83.6 Å². The number of fused-ring (bicyclic) bond motifs is 4. The highest BCUT2D eigenvalue weighted by Crippen LogP contribution is 2.50. The van der Waals surface area contributed by atoms with Gasteiger partial charge in [0.1, 0.15) is 11.1 Å². The van der Waals surface area contributed by atoms with E-state index in [0.717, 1.165) is 26.5 Å². The van der Waals surface area contributed by atoms with Gasteiger partial charge in [0.2, 0.25) is 11.8 Å². The summed E-state index contributed by atoms with van der Waals surface area (Å²) in [6.45, 7) is 2.35. The van der Waals surface area contributed by atoms with Crippen LogP contribution in [0.25, 0.3) is 10.2 Å². The van der Waals surface area contributed by atoms with Gasteiger partial charge < -0.3 is 20.3 Å². The van der Waals surface area contributed by atoms with Crippen molar-refractivity contribution in [1.82, 2.24) is 15.2 Å². The van der Waals surface area contributed by atoms with Gasteiger partial charge in [0, 0.05) is 12.2 Å². The van der Waals surface area contributed by atoms with Gasteiger partial charge in [-0.3, -0.25) is 9.59 Å². The van der Waals surface area contributed by atoms with Crippen LogP contribution >= 0.6 is 11.3 Å². The number of benzene rings is 2. The van der Waals surface area contributed by atoms with Crippen molar-refractivity contribution in [3.8, 4) is 0 Å².